The third-order valence-corrected chi connectivity index (χ3v) is 3.73. The number of carbonyl (C=O) groups excluding carboxylic acids is 1. The molecule has 1 aliphatic rings. The average Bonchev–Trinajstić information content (AvgIpc) is 2.54. The van der Waals surface area contributed by atoms with Gasteiger partial charge in [-0.15, -0.1) is 0 Å². The zero-order valence-corrected chi connectivity index (χ0v) is 14.6. The maximum atomic E-state index is 12.1. The predicted octanol–water partition coefficient (Wildman–Crippen LogP) is 3.51. The summed E-state index contributed by atoms with van der Waals surface area (Å²) in [5.41, 5.74) is 8.88. The van der Waals surface area contributed by atoms with E-state index >= 15 is 0 Å². The summed E-state index contributed by atoms with van der Waals surface area (Å²) in [6.45, 7) is 10.0. The Labute approximate surface area is 142 Å². The van der Waals surface area contributed by atoms with Crippen molar-refractivity contribution in [3.8, 4) is 0 Å². The summed E-state index contributed by atoms with van der Waals surface area (Å²) >= 11 is 0. The summed E-state index contributed by atoms with van der Waals surface area (Å²) < 4.78 is 5.40. The van der Waals surface area contributed by atoms with Crippen LogP contribution in [-0.2, 0) is 4.74 Å². The van der Waals surface area contributed by atoms with E-state index in [1.54, 1.807) is 11.1 Å². The highest BCUT2D eigenvalue weighted by Crippen LogP contribution is 2.20. The van der Waals surface area contributed by atoms with Crippen molar-refractivity contribution in [2.75, 3.05) is 31.1 Å². The van der Waals surface area contributed by atoms with Crippen molar-refractivity contribution in [3.63, 3.8) is 0 Å². The number of amides is 1. The molecule has 1 atom stereocenters. The number of azide groups is 1. The Kier molecular flexibility index (Phi) is 5.51. The van der Waals surface area contributed by atoms with Crippen LogP contribution in [0.1, 0.15) is 39.3 Å². The minimum atomic E-state index is -0.478. The highest BCUT2D eigenvalue weighted by Gasteiger charge is 2.26. The Morgan fingerprint density at radius 2 is 2.00 bits per heavy atom. The number of pyridine rings is 1. The van der Waals surface area contributed by atoms with Gasteiger partial charge in [0.15, 0.2) is 0 Å². The molecule has 2 heterocycles. The van der Waals surface area contributed by atoms with Crippen LogP contribution < -0.4 is 4.90 Å². The van der Waals surface area contributed by atoms with Crippen molar-refractivity contribution in [1.82, 2.24) is 9.88 Å². The van der Waals surface area contributed by atoms with Crippen molar-refractivity contribution in [1.29, 1.82) is 0 Å². The molecule has 24 heavy (non-hydrogen) atoms. The van der Waals surface area contributed by atoms with Crippen LogP contribution in [0.15, 0.2) is 23.4 Å². The van der Waals surface area contributed by atoms with E-state index in [9.17, 15) is 4.79 Å². The minimum Gasteiger partial charge on any atom is -0.444 e. The molecule has 0 aliphatic carbocycles. The molecule has 1 unspecified atom stereocenters. The van der Waals surface area contributed by atoms with Gasteiger partial charge in [0.1, 0.15) is 11.4 Å². The van der Waals surface area contributed by atoms with Crippen LogP contribution in [0.3, 0.4) is 0 Å². The first-order valence-electron chi connectivity index (χ1n) is 8.03. The van der Waals surface area contributed by atoms with Crippen LogP contribution in [0.4, 0.5) is 10.6 Å². The lowest BCUT2D eigenvalue weighted by atomic mass is 10.1. The molecule has 0 bridgehead atoms. The molecule has 1 fully saturated rings. The molecule has 2 rings (SSSR count). The molecule has 8 heteroatoms. The molecule has 0 aromatic carbocycles. The standard InChI is InChI=1S/C16H24N6O2/c1-12(19-20-17)13-5-6-14(18-11-13)21-7-9-22(10-8-21)15(23)24-16(2,3)4/h5-6,11-12H,7-10H2,1-4H3. The zero-order chi connectivity index (χ0) is 17.7. The minimum absolute atomic E-state index is 0.236. The van der Waals surface area contributed by atoms with Gasteiger partial charge in [-0.05, 0) is 37.9 Å². The highest BCUT2D eigenvalue weighted by molar-refractivity contribution is 5.68. The first kappa shape index (κ1) is 17.9. The number of hydrogen-bond donors (Lipinski definition) is 0. The second-order valence-electron chi connectivity index (χ2n) is 6.79. The summed E-state index contributed by atoms with van der Waals surface area (Å²) in [6.07, 6.45) is 1.46. The topological polar surface area (TPSA) is 94.4 Å². The highest BCUT2D eigenvalue weighted by atomic mass is 16.6. The summed E-state index contributed by atoms with van der Waals surface area (Å²) in [5, 5.41) is 3.66. The Bertz CT molecular complexity index is 610. The Balaban J connectivity index is 1.92. The quantitative estimate of drug-likeness (QED) is 0.481. The molecule has 130 valence electrons. The normalized spacial score (nSPS) is 16.3. The van der Waals surface area contributed by atoms with Crippen LogP contribution in [0.2, 0.25) is 0 Å². The van der Waals surface area contributed by atoms with Gasteiger partial charge in [0.2, 0.25) is 0 Å². The van der Waals surface area contributed by atoms with E-state index in [4.69, 9.17) is 10.3 Å². The number of rotatable bonds is 3. The molecule has 8 nitrogen and oxygen atoms in total. The van der Waals surface area contributed by atoms with Gasteiger partial charge in [-0.25, -0.2) is 9.78 Å². The largest absolute Gasteiger partial charge is 0.444 e. The molecule has 1 aromatic rings. The molecule has 0 N–H and O–H groups in total. The maximum absolute atomic E-state index is 12.1. The van der Waals surface area contributed by atoms with E-state index in [0.717, 1.165) is 11.4 Å². The lowest BCUT2D eigenvalue weighted by Gasteiger charge is -2.36. The van der Waals surface area contributed by atoms with Crippen molar-refractivity contribution >= 4 is 11.9 Å². The number of nitrogens with zero attached hydrogens (tertiary/aromatic N) is 6. The number of piperazine rings is 1. The number of anilines is 1. The van der Waals surface area contributed by atoms with Gasteiger partial charge in [-0.2, -0.15) is 0 Å². The summed E-state index contributed by atoms with van der Waals surface area (Å²) in [5.74, 6) is 0.857. The second-order valence-corrected chi connectivity index (χ2v) is 6.79. The van der Waals surface area contributed by atoms with E-state index in [0.29, 0.717) is 26.2 Å². The van der Waals surface area contributed by atoms with E-state index in [1.165, 1.54) is 0 Å². The number of carbonyl (C=O) groups is 1. The molecule has 0 saturated carbocycles. The monoisotopic (exact) mass is 332 g/mol. The van der Waals surface area contributed by atoms with Gasteiger partial charge in [0.25, 0.3) is 0 Å². The predicted molar refractivity (Wildman–Crippen MR) is 91.8 cm³/mol. The van der Waals surface area contributed by atoms with E-state index < -0.39 is 5.60 Å². The van der Waals surface area contributed by atoms with Crippen molar-refractivity contribution in [3.05, 3.63) is 34.3 Å². The van der Waals surface area contributed by atoms with E-state index in [2.05, 4.69) is 19.9 Å². The molecule has 1 amide bonds. The lowest BCUT2D eigenvalue weighted by molar-refractivity contribution is 0.0240. The smallest absolute Gasteiger partial charge is 0.410 e. The van der Waals surface area contributed by atoms with Gasteiger partial charge in [0.05, 0.1) is 6.04 Å². The van der Waals surface area contributed by atoms with Crippen LogP contribution in [0.5, 0.6) is 0 Å². The van der Waals surface area contributed by atoms with Crippen molar-refractivity contribution in [2.45, 2.75) is 39.3 Å². The van der Waals surface area contributed by atoms with Gasteiger partial charge >= 0.3 is 6.09 Å². The number of ether oxygens (including phenoxy) is 1. The molecular weight excluding hydrogens is 308 g/mol. The first-order valence-corrected chi connectivity index (χ1v) is 8.03. The first-order chi connectivity index (χ1) is 11.3. The van der Waals surface area contributed by atoms with Crippen LogP contribution in [0.25, 0.3) is 10.4 Å². The number of aromatic nitrogens is 1. The van der Waals surface area contributed by atoms with E-state index in [1.807, 2.05) is 39.8 Å². The van der Waals surface area contributed by atoms with Crippen LogP contribution >= 0.6 is 0 Å². The molecule has 1 aromatic heterocycles. The van der Waals surface area contributed by atoms with Crippen molar-refractivity contribution < 1.29 is 9.53 Å². The molecule has 1 saturated heterocycles. The Hall–Kier alpha value is -2.47. The third kappa shape index (κ3) is 4.76. The lowest BCUT2D eigenvalue weighted by Crippen LogP contribution is -2.50. The van der Waals surface area contributed by atoms with E-state index in [-0.39, 0.29) is 12.1 Å². The summed E-state index contributed by atoms with van der Waals surface area (Å²) in [7, 11) is 0. The number of hydrogen-bond acceptors (Lipinski definition) is 5. The fourth-order valence-corrected chi connectivity index (χ4v) is 2.42. The molecule has 0 spiro atoms. The third-order valence-electron chi connectivity index (χ3n) is 3.73. The molecule has 1 aliphatic heterocycles. The van der Waals surface area contributed by atoms with Crippen LogP contribution in [0, 0.1) is 0 Å². The second kappa shape index (κ2) is 7.40. The Morgan fingerprint density at radius 1 is 1.33 bits per heavy atom. The van der Waals surface area contributed by atoms with Gasteiger partial charge in [-0.3, -0.25) is 0 Å². The van der Waals surface area contributed by atoms with Gasteiger partial charge in [-0.1, -0.05) is 18.1 Å². The summed E-state index contributed by atoms with van der Waals surface area (Å²) in [6, 6.07) is 3.60. The summed E-state index contributed by atoms with van der Waals surface area (Å²) in [4.78, 5) is 23.2. The fraction of sp³-hybridized carbons (Fsp3) is 0.625. The van der Waals surface area contributed by atoms with Crippen molar-refractivity contribution in [2.24, 2.45) is 5.11 Å². The maximum Gasteiger partial charge on any atom is 0.410 e. The average molecular weight is 332 g/mol. The fourth-order valence-electron chi connectivity index (χ4n) is 2.42. The molecular formula is C16H24N6O2. The van der Waals surface area contributed by atoms with Gasteiger partial charge < -0.3 is 14.5 Å². The Morgan fingerprint density at radius 3 is 2.50 bits per heavy atom. The van der Waals surface area contributed by atoms with Gasteiger partial charge in [0, 0.05) is 37.3 Å². The molecule has 0 radical (unpaired) electrons. The van der Waals surface area contributed by atoms with Crippen LogP contribution in [-0.4, -0.2) is 47.8 Å². The SMILES string of the molecule is CC(N=[N+]=[N-])c1ccc(N2CCN(C(=O)OC(C)(C)C)CC2)nc1. The zero-order valence-electron chi connectivity index (χ0n) is 14.6.